The third kappa shape index (κ3) is 3.72. The molecule has 120 valence electrons. The van der Waals surface area contributed by atoms with E-state index < -0.39 is 19.1 Å². The second kappa shape index (κ2) is 7.20. The molecule has 0 radical (unpaired) electrons. The lowest BCUT2D eigenvalue weighted by atomic mass is 9.83. The number of methoxy groups -OCH3 is 1. The van der Waals surface area contributed by atoms with Crippen molar-refractivity contribution in [2.75, 3.05) is 13.7 Å². The second-order valence-corrected chi connectivity index (χ2v) is 5.01. The summed E-state index contributed by atoms with van der Waals surface area (Å²) in [5.74, 6) is 0.199. The molecule has 0 N–H and O–H groups in total. The number of ether oxygens (including phenoxy) is 2. The standard InChI is InChI=1S/C15H17F2NO4/c1-21-13-7-6-10(8-14(13)22-9-15(16)17)11-4-2-3-5-12(11)18(19)20/h2-3,6-8,11-12,15H,4-5,9H2,1H3. The molecule has 1 aliphatic rings. The average molecular weight is 313 g/mol. The Morgan fingerprint density at radius 3 is 2.68 bits per heavy atom. The molecule has 0 bridgehead atoms. The molecule has 5 nitrogen and oxygen atoms in total. The highest BCUT2D eigenvalue weighted by atomic mass is 19.3. The normalized spacial score (nSPS) is 20.9. The fraction of sp³-hybridized carbons (Fsp3) is 0.467. The number of allylic oxidation sites excluding steroid dienone is 1. The van der Waals surface area contributed by atoms with Gasteiger partial charge in [-0.1, -0.05) is 18.2 Å². The lowest BCUT2D eigenvalue weighted by Crippen LogP contribution is -2.28. The first-order valence-electron chi connectivity index (χ1n) is 6.90. The fourth-order valence-corrected chi connectivity index (χ4v) is 2.58. The number of hydrogen-bond donors (Lipinski definition) is 0. The SMILES string of the molecule is COc1ccc(C2CC=CCC2[N+](=O)[O-])cc1OCC(F)F. The smallest absolute Gasteiger partial charge is 0.272 e. The van der Waals surface area contributed by atoms with Gasteiger partial charge < -0.3 is 9.47 Å². The van der Waals surface area contributed by atoms with Crippen LogP contribution in [0.25, 0.3) is 0 Å². The molecule has 1 aliphatic carbocycles. The Hall–Kier alpha value is -2.18. The van der Waals surface area contributed by atoms with E-state index in [0.29, 0.717) is 24.2 Å². The topological polar surface area (TPSA) is 61.6 Å². The van der Waals surface area contributed by atoms with Gasteiger partial charge in [-0.2, -0.15) is 0 Å². The van der Waals surface area contributed by atoms with E-state index in [4.69, 9.17) is 9.47 Å². The van der Waals surface area contributed by atoms with E-state index in [9.17, 15) is 18.9 Å². The summed E-state index contributed by atoms with van der Waals surface area (Å²) in [7, 11) is 1.41. The van der Waals surface area contributed by atoms with Gasteiger partial charge in [-0.25, -0.2) is 8.78 Å². The Morgan fingerprint density at radius 1 is 1.32 bits per heavy atom. The van der Waals surface area contributed by atoms with Crippen molar-refractivity contribution in [3.63, 3.8) is 0 Å². The molecule has 2 atom stereocenters. The molecule has 0 amide bonds. The highest BCUT2D eigenvalue weighted by molar-refractivity contribution is 5.44. The Morgan fingerprint density at radius 2 is 2.05 bits per heavy atom. The van der Waals surface area contributed by atoms with Crippen molar-refractivity contribution in [3.05, 3.63) is 46.0 Å². The molecule has 2 rings (SSSR count). The van der Waals surface area contributed by atoms with Gasteiger partial charge in [0.05, 0.1) is 13.0 Å². The molecule has 0 saturated heterocycles. The first kappa shape index (κ1) is 16.2. The molecule has 0 fully saturated rings. The fourth-order valence-electron chi connectivity index (χ4n) is 2.58. The van der Waals surface area contributed by atoms with Crippen molar-refractivity contribution < 1.29 is 23.2 Å². The largest absolute Gasteiger partial charge is 0.493 e. The lowest BCUT2D eigenvalue weighted by molar-refractivity contribution is -0.526. The molecule has 22 heavy (non-hydrogen) atoms. The zero-order valence-corrected chi connectivity index (χ0v) is 12.1. The zero-order chi connectivity index (χ0) is 16.1. The number of hydrogen-bond acceptors (Lipinski definition) is 4. The summed E-state index contributed by atoms with van der Waals surface area (Å²) >= 11 is 0. The quantitative estimate of drug-likeness (QED) is 0.459. The van der Waals surface area contributed by atoms with Crippen molar-refractivity contribution in [3.8, 4) is 11.5 Å². The number of halogens is 2. The van der Waals surface area contributed by atoms with Gasteiger partial charge in [0, 0.05) is 11.3 Å². The first-order valence-corrected chi connectivity index (χ1v) is 6.90. The van der Waals surface area contributed by atoms with Gasteiger partial charge in [0.25, 0.3) is 6.43 Å². The van der Waals surface area contributed by atoms with Crippen LogP contribution in [-0.4, -0.2) is 31.1 Å². The minimum absolute atomic E-state index is 0.178. The van der Waals surface area contributed by atoms with Crippen LogP contribution in [0.3, 0.4) is 0 Å². The van der Waals surface area contributed by atoms with Gasteiger partial charge >= 0.3 is 0 Å². The van der Waals surface area contributed by atoms with Crippen LogP contribution in [0.1, 0.15) is 24.3 Å². The third-order valence-corrected chi connectivity index (χ3v) is 3.65. The number of benzene rings is 1. The first-order chi connectivity index (χ1) is 10.5. The molecular formula is C15H17F2NO4. The third-order valence-electron chi connectivity index (χ3n) is 3.65. The maximum Gasteiger partial charge on any atom is 0.272 e. The van der Waals surface area contributed by atoms with Crippen molar-refractivity contribution in [2.24, 2.45) is 0 Å². The summed E-state index contributed by atoms with van der Waals surface area (Å²) in [5, 5.41) is 11.2. The highest BCUT2D eigenvalue weighted by Crippen LogP contribution is 2.36. The predicted molar refractivity (Wildman–Crippen MR) is 76.4 cm³/mol. The van der Waals surface area contributed by atoms with Crippen molar-refractivity contribution in [1.82, 2.24) is 0 Å². The van der Waals surface area contributed by atoms with Crippen LogP contribution >= 0.6 is 0 Å². The van der Waals surface area contributed by atoms with E-state index in [1.807, 2.05) is 6.08 Å². The molecule has 2 unspecified atom stereocenters. The molecule has 7 heteroatoms. The Bertz CT molecular complexity index is 562. The summed E-state index contributed by atoms with van der Waals surface area (Å²) in [6.07, 6.45) is 1.98. The van der Waals surface area contributed by atoms with E-state index in [2.05, 4.69) is 0 Å². The maximum atomic E-state index is 12.3. The second-order valence-electron chi connectivity index (χ2n) is 5.01. The molecular weight excluding hydrogens is 296 g/mol. The maximum absolute atomic E-state index is 12.3. The van der Waals surface area contributed by atoms with E-state index >= 15 is 0 Å². The molecule has 0 aromatic heterocycles. The Kier molecular flexibility index (Phi) is 5.30. The molecule has 1 aromatic carbocycles. The summed E-state index contributed by atoms with van der Waals surface area (Å²) in [6.45, 7) is -0.747. The average Bonchev–Trinajstić information content (AvgIpc) is 2.52. The molecule has 0 aliphatic heterocycles. The van der Waals surface area contributed by atoms with E-state index in [0.717, 1.165) is 0 Å². The van der Waals surface area contributed by atoms with E-state index in [1.165, 1.54) is 7.11 Å². The summed E-state index contributed by atoms with van der Waals surface area (Å²) < 4.78 is 34.8. The number of alkyl halides is 2. The van der Waals surface area contributed by atoms with Crippen molar-refractivity contribution in [1.29, 1.82) is 0 Å². The van der Waals surface area contributed by atoms with Gasteiger partial charge in [-0.15, -0.1) is 0 Å². The highest BCUT2D eigenvalue weighted by Gasteiger charge is 2.33. The molecule has 0 spiro atoms. The number of nitro groups is 1. The van der Waals surface area contributed by atoms with Crippen LogP contribution in [0, 0.1) is 10.1 Å². The lowest BCUT2D eigenvalue weighted by Gasteiger charge is -2.23. The van der Waals surface area contributed by atoms with Gasteiger partial charge in [-0.3, -0.25) is 10.1 Å². The molecule has 0 saturated carbocycles. The predicted octanol–water partition coefficient (Wildman–Crippen LogP) is 3.42. The van der Waals surface area contributed by atoms with E-state index in [1.54, 1.807) is 24.3 Å². The van der Waals surface area contributed by atoms with Crippen LogP contribution < -0.4 is 9.47 Å². The minimum Gasteiger partial charge on any atom is -0.493 e. The minimum atomic E-state index is -2.60. The summed E-state index contributed by atoms with van der Waals surface area (Å²) in [5.41, 5.74) is 0.691. The van der Waals surface area contributed by atoms with Crippen LogP contribution in [-0.2, 0) is 0 Å². The zero-order valence-electron chi connectivity index (χ0n) is 12.1. The molecule has 1 aromatic rings. The van der Waals surface area contributed by atoms with Crippen LogP contribution in [0.5, 0.6) is 11.5 Å². The molecule has 0 heterocycles. The van der Waals surface area contributed by atoms with Crippen molar-refractivity contribution in [2.45, 2.75) is 31.2 Å². The Labute approximate surface area is 126 Å². The van der Waals surface area contributed by atoms with E-state index in [-0.39, 0.29) is 16.6 Å². The van der Waals surface area contributed by atoms with Crippen LogP contribution in [0.2, 0.25) is 0 Å². The number of nitrogens with zero attached hydrogens (tertiary/aromatic N) is 1. The number of rotatable bonds is 6. The Balaban J connectivity index is 2.28. The van der Waals surface area contributed by atoms with Gasteiger partial charge in [0.1, 0.15) is 6.61 Å². The summed E-state index contributed by atoms with van der Waals surface area (Å²) in [6, 6.07) is 4.14. The van der Waals surface area contributed by atoms with Crippen LogP contribution in [0.4, 0.5) is 8.78 Å². The van der Waals surface area contributed by atoms with Crippen LogP contribution in [0.15, 0.2) is 30.4 Å². The van der Waals surface area contributed by atoms with Crippen molar-refractivity contribution >= 4 is 0 Å². The summed E-state index contributed by atoms with van der Waals surface area (Å²) in [4.78, 5) is 10.9. The monoisotopic (exact) mass is 313 g/mol. The van der Waals surface area contributed by atoms with Gasteiger partial charge in [0.15, 0.2) is 11.5 Å². The van der Waals surface area contributed by atoms with Gasteiger partial charge in [0.2, 0.25) is 6.04 Å². The van der Waals surface area contributed by atoms with Gasteiger partial charge in [-0.05, 0) is 24.1 Å².